The van der Waals surface area contributed by atoms with Gasteiger partial charge in [-0.05, 0) is 192 Å². The van der Waals surface area contributed by atoms with Crippen molar-refractivity contribution in [2.24, 2.45) is 5.92 Å². The molecule has 8 heteroatoms. The normalized spacial score (nSPS) is 20.9. The molecule has 6 unspecified atom stereocenters. The molecule has 0 aliphatic carbocycles. The molecule has 0 fully saturated rings. The van der Waals surface area contributed by atoms with E-state index in [0.717, 1.165) is 0 Å². The highest BCUT2D eigenvalue weighted by molar-refractivity contribution is 5.88. The predicted octanol–water partition coefficient (Wildman–Crippen LogP) is 20.6. The number of hydrogen-bond acceptors (Lipinski definition) is 8. The second-order valence-electron chi connectivity index (χ2n) is 27.4. The van der Waals surface area contributed by atoms with Crippen molar-refractivity contribution in [3.05, 3.63) is 377 Å². The highest BCUT2D eigenvalue weighted by Crippen LogP contribution is 2.44. The number of benzene rings is 7. The molecule has 0 amide bonds. The first kappa shape index (κ1) is 71.3. The molecule has 8 nitrogen and oxygen atoms in total. The Balaban J connectivity index is 0.000000118. The van der Waals surface area contributed by atoms with Gasteiger partial charge in [0.1, 0.15) is 0 Å². The number of allylic oxidation sites excluding steroid dienone is 17. The van der Waals surface area contributed by atoms with Crippen LogP contribution in [0.15, 0.2) is 334 Å². The van der Waals surface area contributed by atoms with Gasteiger partial charge in [-0.3, -0.25) is 0 Å². The molecule has 11 aliphatic heterocycles. The van der Waals surface area contributed by atoms with Crippen molar-refractivity contribution in [3.8, 4) is 0 Å². The minimum Gasteiger partial charge on any atom is -0.374 e. The first-order valence-electron chi connectivity index (χ1n) is 35.9. The molecule has 0 N–H and O–H groups in total. The number of para-hydroxylation sites is 3. The van der Waals surface area contributed by atoms with Gasteiger partial charge in [-0.15, -0.1) is 0 Å². The molecule has 7 aromatic carbocycles. The molecule has 0 bridgehead atoms. The maximum atomic E-state index is 2.31. The fraction of sp³-hybridized carbons (Fsp3) is 0.226. The molecule has 0 saturated heterocycles. The largest absolute Gasteiger partial charge is 0.374 e. The summed E-state index contributed by atoms with van der Waals surface area (Å²) in [4.78, 5) is 17.7. The molecule has 6 atom stereocenters. The molecule has 7 aromatic rings. The fourth-order valence-electron chi connectivity index (χ4n) is 13.7. The van der Waals surface area contributed by atoms with E-state index in [1.807, 2.05) is 18.0 Å². The Labute approximate surface area is 603 Å². The van der Waals surface area contributed by atoms with Crippen LogP contribution in [0.25, 0.3) is 29.1 Å². The van der Waals surface area contributed by atoms with Crippen LogP contribution in [0, 0.1) is 5.92 Å². The summed E-state index contributed by atoms with van der Waals surface area (Å²) in [6.45, 7) is 17.7. The molecular formula is C93H102N8. The maximum Gasteiger partial charge on any atom is 0.0563 e. The van der Waals surface area contributed by atoms with Crippen molar-refractivity contribution in [2.45, 2.75) is 97.3 Å². The monoisotopic (exact) mass is 1330 g/mol. The Morgan fingerprint density at radius 3 is 1.45 bits per heavy atom. The Hall–Kier alpha value is -11.0. The Morgan fingerprint density at radius 2 is 0.832 bits per heavy atom. The molecular weight excluding hydrogens is 1230 g/mol. The average molecular weight is 1330 g/mol. The number of likely N-dealkylation sites (N-methyl/N-ethyl adjacent to an activating group) is 1. The topological polar surface area (TPSA) is 25.9 Å². The van der Waals surface area contributed by atoms with Crippen molar-refractivity contribution in [1.29, 1.82) is 0 Å². The quantitative estimate of drug-likeness (QED) is 0.148. The summed E-state index contributed by atoms with van der Waals surface area (Å²) in [5.74, 6) is 2.17. The summed E-state index contributed by atoms with van der Waals surface area (Å²) in [6, 6.07) is 58.0. The Morgan fingerprint density at radius 1 is 0.327 bits per heavy atom. The summed E-state index contributed by atoms with van der Waals surface area (Å²) in [5, 5.41) is 5.26. The lowest BCUT2D eigenvalue weighted by Crippen LogP contribution is -2.38. The van der Waals surface area contributed by atoms with Gasteiger partial charge >= 0.3 is 0 Å². The fourth-order valence-corrected chi connectivity index (χ4v) is 13.7. The van der Waals surface area contributed by atoms with E-state index in [4.69, 9.17) is 0 Å². The molecule has 101 heavy (non-hydrogen) atoms. The molecule has 0 saturated carbocycles. The molecule has 11 aliphatic rings. The Bertz CT molecular complexity index is 4450. The Kier molecular flexibility index (Phi) is 23.8. The molecule has 514 valence electrons. The van der Waals surface area contributed by atoms with Crippen molar-refractivity contribution in [2.75, 3.05) is 49.9 Å². The second kappa shape index (κ2) is 33.7. The smallest absolute Gasteiger partial charge is 0.0563 e. The predicted molar refractivity (Wildman–Crippen MR) is 434 cm³/mol. The number of hydrogen-bond donors (Lipinski definition) is 0. The minimum atomic E-state index is 0.433. The van der Waals surface area contributed by atoms with Gasteiger partial charge in [-0.25, -0.2) is 0 Å². The molecule has 0 spiro atoms. The van der Waals surface area contributed by atoms with Crippen LogP contribution in [0.5, 0.6) is 0 Å². The highest BCUT2D eigenvalue weighted by Gasteiger charge is 2.26. The molecule has 0 radical (unpaired) electrons. The summed E-state index contributed by atoms with van der Waals surface area (Å²) in [6.07, 6.45) is 62.1. The molecule has 0 aromatic heterocycles. The summed E-state index contributed by atoms with van der Waals surface area (Å²) in [5.41, 5.74) is 17.6. The third-order valence-electron chi connectivity index (χ3n) is 20.1. The van der Waals surface area contributed by atoms with Gasteiger partial charge in [0.25, 0.3) is 0 Å². The van der Waals surface area contributed by atoms with Gasteiger partial charge in [-0.2, -0.15) is 0 Å². The van der Waals surface area contributed by atoms with Crippen LogP contribution in [-0.2, 0) is 0 Å². The molecule has 18 rings (SSSR count). The van der Waals surface area contributed by atoms with Crippen LogP contribution < -0.4 is 25.1 Å². The zero-order valence-electron chi connectivity index (χ0n) is 61.5. The first-order valence-corrected chi connectivity index (χ1v) is 35.9. The van der Waals surface area contributed by atoms with E-state index < -0.39 is 0 Å². The van der Waals surface area contributed by atoms with Gasteiger partial charge in [0.05, 0.1) is 6.04 Å². The highest BCUT2D eigenvalue weighted by atomic mass is 15.2. The van der Waals surface area contributed by atoms with Gasteiger partial charge < -0.3 is 39.2 Å². The van der Waals surface area contributed by atoms with E-state index in [9.17, 15) is 0 Å². The van der Waals surface area contributed by atoms with Crippen molar-refractivity contribution in [1.82, 2.24) is 24.5 Å². The van der Waals surface area contributed by atoms with E-state index >= 15 is 0 Å². The minimum absolute atomic E-state index is 0.433. The van der Waals surface area contributed by atoms with Crippen molar-refractivity contribution < 1.29 is 0 Å². The van der Waals surface area contributed by atoms with E-state index in [1.54, 1.807) is 0 Å². The third kappa shape index (κ3) is 17.6. The van der Waals surface area contributed by atoms with E-state index in [-0.39, 0.29) is 0 Å². The SMILES string of the molecule is CC1C=CC=C2C=CC=CN21.CC1C=CC=C2C=c3ccccc3=CN21.CC1C=CC=CN1C.CC1C=CN(C)C=C1.CC1C=CN(C)c2cc3ccccc3cc21.CC1C=CN(C)c2ccccc21.CC1c2ccccc2C=C2C=CC=CN21.CC1c2ccccc2N(C)c2ccccc21. The lowest BCUT2D eigenvalue weighted by atomic mass is 9.86. The van der Waals surface area contributed by atoms with E-state index in [0.29, 0.717) is 47.8 Å². The van der Waals surface area contributed by atoms with E-state index in [2.05, 4.69) is 447 Å². The van der Waals surface area contributed by atoms with Gasteiger partial charge in [-0.1, -0.05) is 228 Å². The lowest BCUT2D eigenvalue weighted by molar-refractivity contribution is 0.374. The van der Waals surface area contributed by atoms with Crippen LogP contribution in [0.1, 0.15) is 113 Å². The average Bonchev–Trinajstić information content (AvgIpc) is 0.774. The van der Waals surface area contributed by atoms with Crippen molar-refractivity contribution in [3.63, 3.8) is 0 Å². The van der Waals surface area contributed by atoms with Crippen LogP contribution in [0.2, 0.25) is 0 Å². The van der Waals surface area contributed by atoms with Crippen molar-refractivity contribution >= 4 is 51.9 Å². The number of nitrogens with zero attached hydrogens (tertiary/aromatic N) is 8. The number of rotatable bonds is 0. The van der Waals surface area contributed by atoms with E-state index in [1.165, 1.54) is 94.4 Å². The number of fused-ring (bicyclic) bond motifs is 10. The summed E-state index contributed by atoms with van der Waals surface area (Å²) in [7, 11) is 10.4. The first-order chi connectivity index (χ1) is 49.0. The van der Waals surface area contributed by atoms with Gasteiger partial charge in [0, 0.05) is 142 Å². The van der Waals surface area contributed by atoms with Crippen LogP contribution in [0.4, 0.5) is 22.7 Å². The van der Waals surface area contributed by atoms with Crippen LogP contribution in [0.3, 0.4) is 0 Å². The lowest BCUT2D eigenvalue weighted by Gasteiger charge is -2.35. The second-order valence-corrected chi connectivity index (χ2v) is 27.4. The van der Waals surface area contributed by atoms with Gasteiger partial charge in [0.15, 0.2) is 0 Å². The zero-order chi connectivity index (χ0) is 70.9. The summed E-state index contributed by atoms with van der Waals surface area (Å²) < 4.78 is 0. The van der Waals surface area contributed by atoms with Crippen LogP contribution in [-0.4, -0.2) is 77.9 Å². The molecule has 11 heterocycles. The number of anilines is 4. The standard InChI is InChI=1S/2C15H15N.2C14H13N.C11H13N.C10H11N.2C7H11N/c1-11-12-7-3-5-9-14(12)16(2)15-10-6-4-8-13(11)15;1-11-7-8-16(2)15-10-13-6-4-3-5-12(13)9-14(11)15;1-11-14-8-3-2-6-12(14)10-13-7-4-5-9-15(11)13;1-11-5-4-8-14-9-12-6-2-3-7-13(12)10-15(11)14;1-9-7-8-12(2)11-6-4-3-5-10(9)11;1-9-5-4-7-10-6-2-3-8-11(9)10;1-7-3-5-8(2)6-4-7;1-7-5-3-4-6-8(7)2/h2*3-11H,1-2H3;2*2-11H,1H3;3-9H,1-2H3;2-9H,1H3;2*3-7H,1-2H3. The van der Waals surface area contributed by atoms with Gasteiger partial charge in [0.2, 0.25) is 0 Å². The third-order valence-corrected chi connectivity index (χ3v) is 20.1. The maximum absolute atomic E-state index is 2.31. The van der Waals surface area contributed by atoms with Crippen LogP contribution >= 0.6 is 0 Å². The summed E-state index contributed by atoms with van der Waals surface area (Å²) >= 11 is 0. The zero-order valence-corrected chi connectivity index (χ0v) is 61.5.